The second kappa shape index (κ2) is 6.07. The van der Waals surface area contributed by atoms with Gasteiger partial charge in [-0.1, -0.05) is 22.4 Å². The average molecular weight is 331 g/mol. The molecule has 0 heterocycles. The SMILES string of the molecule is Cc1cc(Br)cc(C(=O)NCC2CCCC2Cl)c1. The van der Waals surface area contributed by atoms with Gasteiger partial charge < -0.3 is 5.32 Å². The molecule has 0 spiro atoms. The Hall–Kier alpha value is -0.540. The van der Waals surface area contributed by atoms with Crippen molar-refractivity contribution in [2.24, 2.45) is 5.92 Å². The van der Waals surface area contributed by atoms with Crippen LogP contribution in [0.1, 0.15) is 35.2 Å². The van der Waals surface area contributed by atoms with E-state index in [0.717, 1.165) is 22.9 Å². The quantitative estimate of drug-likeness (QED) is 0.837. The predicted molar refractivity (Wildman–Crippen MR) is 78.2 cm³/mol. The number of amides is 1. The molecule has 1 aromatic rings. The maximum atomic E-state index is 12.0. The normalized spacial score (nSPS) is 23.1. The van der Waals surface area contributed by atoms with E-state index in [2.05, 4.69) is 21.2 Å². The third-order valence-electron chi connectivity index (χ3n) is 3.40. The number of halogens is 2. The van der Waals surface area contributed by atoms with Crippen molar-refractivity contribution >= 4 is 33.4 Å². The first-order chi connectivity index (χ1) is 8.56. The highest BCUT2D eigenvalue weighted by molar-refractivity contribution is 9.10. The van der Waals surface area contributed by atoms with Crippen LogP contribution in [0, 0.1) is 12.8 Å². The Labute approximate surface area is 121 Å². The van der Waals surface area contributed by atoms with Crippen LogP contribution in [0.15, 0.2) is 22.7 Å². The lowest BCUT2D eigenvalue weighted by molar-refractivity contribution is 0.0947. The monoisotopic (exact) mass is 329 g/mol. The summed E-state index contributed by atoms with van der Waals surface area (Å²) in [6, 6.07) is 5.73. The highest BCUT2D eigenvalue weighted by atomic mass is 79.9. The van der Waals surface area contributed by atoms with Gasteiger partial charge >= 0.3 is 0 Å². The third kappa shape index (κ3) is 3.48. The van der Waals surface area contributed by atoms with E-state index in [1.165, 1.54) is 6.42 Å². The highest BCUT2D eigenvalue weighted by Crippen LogP contribution is 2.29. The van der Waals surface area contributed by atoms with Crippen LogP contribution in [0.3, 0.4) is 0 Å². The molecule has 1 fully saturated rings. The van der Waals surface area contributed by atoms with Crippen molar-refractivity contribution in [1.29, 1.82) is 0 Å². The highest BCUT2D eigenvalue weighted by Gasteiger charge is 2.25. The van der Waals surface area contributed by atoms with Crippen molar-refractivity contribution in [1.82, 2.24) is 5.32 Å². The van der Waals surface area contributed by atoms with Crippen molar-refractivity contribution in [3.63, 3.8) is 0 Å². The number of carbonyl (C=O) groups is 1. The molecule has 1 aromatic carbocycles. The van der Waals surface area contributed by atoms with Gasteiger partial charge in [0.2, 0.25) is 0 Å². The maximum Gasteiger partial charge on any atom is 0.251 e. The summed E-state index contributed by atoms with van der Waals surface area (Å²) < 4.78 is 0.934. The Morgan fingerprint density at radius 3 is 2.83 bits per heavy atom. The first-order valence-corrected chi connectivity index (χ1v) is 7.48. The number of hydrogen-bond acceptors (Lipinski definition) is 1. The Balaban J connectivity index is 1.95. The van der Waals surface area contributed by atoms with Gasteiger partial charge in [-0.2, -0.15) is 0 Å². The molecule has 2 atom stereocenters. The number of benzene rings is 1. The second-order valence-electron chi connectivity index (χ2n) is 4.93. The predicted octanol–water partition coefficient (Wildman–Crippen LogP) is 3.89. The summed E-state index contributed by atoms with van der Waals surface area (Å²) in [6.07, 6.45) is 3.36. The molecule has 0 bridgehead atoms. The van der Waals surface area contributed by atoms with Gasteiger partial charge in [-0.15, -0.1) is 11.6 Å². The van der Waals surface area contributed by atoms with Crippen LogP contribution in [0.4, 0.5) is 0 Å². The number of aryl methyl sites for hydroxylation is 1. The van der Waals surface area contributed by atoms with E-state index >= 15 is 0 Å². The molecule has 18 heavy (non-hydrogen) atoms. The van der Waals surface area contributed by atoms with Crippen LogP contribution in [-0.4, -0.2) is 17.8 Å². The van der Waals surface area contributed by atoms with Crippen LogP contribution < -0.4 is 5.32 Å². The number of rotatable bonds is 3. The molecule has 2 nitrogen and oxygen atoms in total. The summed E-state index contributed by atoms with van der Waals surface area (Å²) in [5.74, 6) is 0.402. The van der Waals surface area contributed by atoms with Gasteiger partial charge in [0.1, 0.15) is 0 Å². The van der Waals surface area contributed by atoms with Crippen LogP contribution in [0.5, 0.6) is 0 Å². The molecule has 1 amide bonds. The smallest absolute Gasteiger partial charge is 0.251 e. The van der Waals surface area contributed by atoms with E-state index in [-0.39, 0.29) is 11.3 Å². The molecular weight excluding hydrogens is 314 g/mol. The maximum absolute atomic E-state index is 12.0. The summed E-state index contributed by atoms with van der Waals surface area (Å²) >= 11 is 9.61. The molecule has 1 saturated carbocycles. The lowest BCUT2D eigenvalue weighted by Gasteiger charge is -2.14. The molecule has 1 N–H and O–H groups in total. The van der Waals surface area contributed by atoms with Crippen molar-refractivity contribution in [2.45, 2.75) is 31.6 Å². The molecule has 1 aliphatic carbocycles. The van der Waals surface area contributed by atoms with Gasteiger partial charge in [-0.05, 0) is 49.4 Å². The Bertz CT molecular complexity index is 429. The first kappa shape index (κ1) is 13.9. The van der Waals surface area contributed by atoms with Crippen LogP contribution >= 0.6 is 27.5 Å². The fraction of sp³-hybridized carbons (Fsp3) is 0.500. The lowest BCUT2D eigenvalue weighted by Crippen LogP contribution is -2.31. The standard InChI is InChI=1S/C14H17BrClNO/c1-9-5-11(7-12(15)6-9)14(18)17-8-10-3-2-4-13(10)16/h5-7,10,13H,2-4,8H2,1H3,(H,17,18). The topological polar surface area (TPSA) is 29.1 Å². The summed E-state index contributed by atoms with van der Waals surface area (Å²) in [6.45, 7) is 2.66. The van der Waals surface area contributed by atoms with E-state index in [4.69, 9.17) is 11.6 Å². The molecule has 4 heteroatoms. The van der Waals surface area contributed by atoms with Gasteiger partial charge in [0.15, 0.2) is 0 Å². The molecule has 2 rings (SSSR count). The third-order valence-corrected chi connectivity index (χ3v) is 4.43. The van der Waals surface area contributed by atoms with Crippen molar-refractivity contribution < 1.29 is 4.79 Å². The van der Waals surface area contributed by atoms with Crippen LogP contribution in [0.2, 0.25) is 0 Å². The fourth-order valence-electron chi connectivity index (χ4n) is 2.41. The first-order valence-electron chi connectivity index (χ1n) is 6.26. The summed E-state index contributed by atoms with van der Waals surface area (Å²) in [7, 11) is 0. The number of alkyl halides is 1. The zero-order valence-corrected chi connectivity index (χ0v) is 12.7. The molecule has 0 saturated heterocycles. The fourth-order valence-corrected chi connectivity index (χ4v) is 3.39. The number of carbonyl (C=O) groups excluding carboxylic acids is 1. The minimum absolute atomic E-state index is 0.0184. The van der Waals surface area contributed by atoms with Gasteiger partial charge in [-0.25, -0.2) is 0 Å². The second-order valence-corrected chi connectivity index (χ2v) is 6.41. The van der Waals surface area contributed by atoms with Crippen molar-refractivity contribution in [2.75, 3.05) is 6.54 Å². The zero-order chi connectivity index (χ0) is 13.1. The summed E-state index contributed by atoms with van der Waals surface area (Å²) in [5, 5.41) is 3.20. The minimum atomic E-state index is -0.0184. The molecular formula is C14H17BrClNO. The van der Waals surface area contributed by atoms with Gasteiger partial charge in [0.05, 0.1) is 0 Å². The van der Waals surface area contributed by atoms with E-state index in [9.17, 15) is 4.79 Å². The Kier molecular flexibility index (Phi) is 4.68. The van der Waals surface area contributed by atoms with E-state index in [1.54, 1.807) is 0 Å². The van der Waals surface area contributed by atoms with E-state index in [1.807, 2.05) is 25.1 Å². The molecule has 1 aliphatic rings. The summed E-state index contributed by atoms with van der Waals surface area (Å²) in [4.78, 5) is 12.0. The van der Waals surface area contributed by atoms with Gasteiger partial charge in [0.25, 0.3) is 5.91 Å². The molecule has 2 unspecified atom stereocenters. The van der Waals surface area contributed by atoms with Gasteiger partial charge in [-0.3, -0.25) is 4.79 Å². The van der Waals surface area contributed by atoms with E-state index in [0.29, 0.717) is 18.0 Å². The lowest BCUT2D eigenvalue weighted by atomic mass is 10.1. The number of nitrogens with one attached hydrogen (secondary N) is 1. The van der Waals surface area contributed by atoms with Crippen molar-refractivity contribution in [3.05, 3.63) is 33.8 Å². The Morgan fingerprint density at radius 2 is 2.22 bits per heavy atom. The van der Waals surface area contributed by atoms with E-state index < -0.39 is 0 Å². The molecule has 98 valence electrons. The molecule has 0 radical (unpaired) electrons. The van der Waals surface area contributed by atoms with Crippen LogP contribution in [-0.2, 0) is 0 Å². The largest absolute Gasteiger partial charge is 0.352 e. The number of hydrogen-bond donors (Lipinski definition) is 1. The zero-order valence-electron chi connectivity index (χ0n) is 10.4. The van der Waals surface area contributed by atoms with Gasteiger partial charge in [0, 0.05) is 22.0 Å². The minimum Gasteiger partial charge on any atom is -0.352 e. The van der Waals surface area contributed by atoms with Crippen molar-refractivity contribution in [3.8, 4) is 0 Å². The molecule has 0 aromatic heterocycles. The Morgan fingerprint density at radius 1 is 1.44 bits per heavy atom. The molecule has 0 aliphatic heterocycles. The average Bonchev–Trinajstić information content (AvgIpc) is 2.70. The van der Waals surface area contributed by atoms with Crippen LogP contribution in [0.25, 0.3) is 0 Å². The summed E-state index contributed by atoms with van der Waals surface area (Å²) in [5.41, 5.74) is 1.77.